The number of ether oxygens (including phenoxy) is 1. The van der Waals surface area contributed by atoms with Crippen LogP contribution >= 0.6 is 0 Å². The minimum absolute atomic E-state index is 0.0157. The number of hydrogen-bond acceptors (Lipinski definition) is 6. The Kier molecular flexibility index (Phi) is 4.47. The first-order valence-corrected chi connectivity index (χ1v) is 6.12. The third kappa shape index (κ3) is 3.66. The number of carboxylic acid groups (broad SMARTS) is 1. The quantitative estimate of drug-likeness (QED) is 0.597. The number of aromatic amines is 1. The molecule has 0 amide bonds. The first kappa shape index (κ1) is 15.2. The average Bonchev–Trinajstić information content (AvgIpc) is 2.47. The molecule has 0 saturated carbocycles. The first-order chi connectivity index (χ1) is 10.5. The fourth-order valence-corrected chi connectivity index (χ4v) is 1.70. The summed E-state index contributed by atoms with van der Waals surface area (Å²) < 4.78 is 5.27. The number of carboxylic acids is 1. The predicted molar refractivity (Wildman–Crippen MR) is 73.6 cm³/mol. The molecule has 0 spiro atoms. The molecular weight excluding hydrogens is 294 g/mol. The molecule has 0 radical (unpaired) electrons. The SMILES string of the molecule is O=C(O)Cc1cnc(COc2ccccc2[N+](=O)[O-])[nH]c1=O. The minimum Gasteiger partial charge on any atom is -0.481 e. The lowest BCUT2D eigenvalue weighted by atomic mass is 10.2. The third-order valence-corrected chi connectivity index (χ3v) is 2.69. The summed E-state index contributed by atoms with van der Waals surface area (Å²) in [5.41, 5.74) is -0.771. The zero-order valence-electron chi connectivity index (χ0n) is 11.2. The number of para-hydroxylation sites is 2. The van der Waals surface area contributed by atoms with E-state index in [-0.39, 0.29) is 29.4 Å². The van der Waals surface area contributed by atoms with E-state index in [1.165, 1.54) is 18.2 Å². The number of rotatable bonds is 6. The number of nitro benzene ring substituents is 1. The maximum absolute atomic E-state index is 11.6. The van der Waals surface area contributed by atoms with Gasteiger partial charge in [0.25, 0.3) is 5.56 Å². The van der Waals surface area contributed by atoms with Crippen LogP contribution in [0.2, 0.25) is 0 Å². The van der Waals surface area contributed by atoms with Crippen molar-refractivity contribution in [3.8, 4) is 5.75 Å². The maximum Gasteiger partial charge on any atom is 0.310 e. The van der Waals surface area contributed by atoms with E-state index in [9.17, 15) is 19.7 Å². The molecule has 2 aromatic rings. The molecular formula is C13H11N3O6. The molecule has 0 bridgehead atoms. The number of H-pyrrole nitrogens is 1. The van der Waals surface area contributed by atoms with E-state index in [2.05, 4.69) is 9.97 Å². The maximum atomic E-state index is 11.6. The lowest BCUT2D eigenvalue weighted by molar-refractivity contribution is -0.385. The van der Waals surface area contributed by atoms with Crippen molar-refractivity contribution in [3.63, 3.8) is 0 Å². The van der Waals surface area contributed by atoms with Gasteiger partial charge in [-0.1, -0.05) is 12.1 Å². The number of aliphatic carboxylic acids is 1. The molecule has 9 heteroatoms. The van der Waals surface area contributed by atoms with Crippen LogP contribution in [0.4, 0.5) is 5.69 Å². The van der Waals surface area contributed by atoms with Crippen LogP contribution in [0.3, 0.4) is 0 Å². The molecule has 1 aromatic carbocycles. The van der Waals surface area contributed by atoms with Gasteiger partial charge in [0.1, 0.15) is 12.4 Å². The Labute approximate surface area is 123 Å². The van der Waals surface area contributed by atoms with Crippen LogP contribution in [-0.4, -0.2) is 26.0 Å². The van der Waals surface area contributed by atoms with Gasteiger partial charge in [-0.25, -0.2) is 4.98 Å². The van der Waals surface area contributed by atoms with Crippen molar-refractivity contribution in [3.05, 3.63) is 62.3 Å². The summed E-state index contributed by atoms with van der Waals surface area (Å²) in [6.07, 6.45) is 0.707. The van der Waals surface area contributed by atoms with Crippen LogP contribution in [0, 0.1) is 10.1 Å². The molecule has 0 aliphatic rings. The Hall–Kier alpha value is -3.23. The molecule has 0 unspecified atom stereocenters. The second kappa shape index (κ2) is 6.48. The molecule has 0 aliphatic heterocycles. The molecule has 1 heterocycles. The van der Waals surface area contributed by atoms with Crippen molar-refractivity contribution < 1.29 is 19.6 Å². The fraction of sp³-hybridized carbons (Fsp3) is 0.154. The summed E-state index contributed by atoms with van der Waals surface area (Å²) >= 11 is 0. The van der Waals surface area contributed by atoms with E-state index in [0.717, 1.165) is 6.20 Å². The van der Waals surface area contributed by atoms with E-state index >= 15 is 0 Å². The lowest BCUT2D eigenvalue weighted by Gasteiger charge is -2.06. The Morgan fingerprint density at radius 1 is 1.41 bits per heavy atom. The summed E-state index contributed by atoms with van der Waals surface area (Å²) in [7, 11) is 0. The molecule has 2 N–H and O–H groups in total. The van der Waals surface area contributed by atoms with E-state index in [0.29, 0.717) is 0 Å². The number of aromatic nitrogens is 2. The highest BCUT2D eigenvalue weighted by Crippen LogP contribution is 2.26. The molecule has 2 rings (SSSR count). The van der Waals surface area contributed by atoms with Crippen molar-refractivity contribution in [2.75, 3.05) is 0 Å². The highest BCUT2D eigenvalue weighted by Gasteiger charge is 2.14. The van der Waals surface area contributed by atoms with Crippen LogP contribution < -0.4 is 10.3 Å². The molecule has 9 nitrogen and oxygen atoms in total. The van der Waals surface area contributed by atoms with Crippen molar-refractivity contribution >= 4 is 11.7 Å². The number of nitrogens with one attached hydrogen (secondary N) is 1. The van der Waals surface area contributed by atoms with Gasteiger partial charge in [-0.3, -0.25) is 19.7 Å². The van der Waals surface area contributed by atoms with Gasteiger partial charge < -0.3 is 14.8 Å². The van der Waals surface area contributed by atoms with Gasteiger partial charge in [-0.05, 0) is 6.07 Å². The van der Waals surface area contributed by atoms with Crippen molar-refractivity contribution in [1.29, 1.82) is 0 Å². The number of nitrogens with zero attached hydrogens (tertiary/aromatic N) is 2. The summed E-state index contributed by atoms with van der Waals surface area (Å²) in [5.74, 6) is -0.960. The third-order valence-electron chi connectivity index (χ3n) is 2.69. The topological polar surface area (TPSA) is 135 Å². The average molecular weight is 305 g/mol. The number of benzene rings is 1. The van der Waals surface area contributed by atoms with Gasteiger partial charge in [0.2, 0.25) is 0 Å². The monoisotopic (exact) mass is 305 g/mol. The Morgan fingerprint density at radius 2 is 2.14 bits per heavy atom. The highest BCUT2D eigenvalue weighted by atomic mass is 16.6. The summed E-state index contributed by atoms with van der Waals surface area (Å²) in [6, 6.07) is 5.80. The molecule has 114 valence electrons. The van der Waals surface area contributed by atoms with Gasteiger partial charge in [0, 0.05) is 17.8 Å². The normalized spacial score (nSPS) is 10.2. The second-order valence-corrected chi connectivity index (χ2v) is 4.27. The zero-order valence-corrected chi connectivity index (χ0v) is 11.2. The Morgan fingerprint density at radius 3 is 2.77 bits per heavy atom. The molecule has 0 aliphatic carbocycles. The number of nitro groups is 1. The zero-order chi connectivity index (χ0) is 16.1. The standard InChI is InChI=1S/C13H11N3O6/c17-12(18)5-8-6-14-11(15-13(8)19)7-22-10-4-2-1-3-9(10)16(20)21/h1-4,6H,5,7H2,(H,17,18)(H,14,15,19). The molecule has 0 atom stereocenters. The van der Waals surface area contributed by atoms with Crippen LogP contribution in [0.25, 0.3) is 0 Å². The summed E-state index contributed by atoms with van der Waals surface area (Å²) in [6.45, 7) is -0.187. The van der Waals surface area contributed by atoms with Crippen LogP contribution in [0.1, 0.15) is 11.4 Å². The van der Waals surface area contributed by atoms with Crippen molar-refractivity contribution in [2.45, 2.75) is 13.0 Å². The number of hydrogen-bond donors (Lipinski definition) is 2. The van der Waals surface area contributed by atoms with Gasteiger partial charge in [-0.2, -0.15) is 0 Å². The fourth-order valence-electron chi connectivity index (χ4n) is 1.70. The smallest absolute Gasteiger partial charge is 0.310 e. The molecule has 0 fully saturated rings. The van der Waals surface area contributed by atoms with Crippen LogP contribution in [0.15, 0.2) is 35.3 Å². The van der Waals surface area contributed by atoms with Gasteiger partial charge >= 0.3 is 11.7 Å². The molecule has 1 aromatic heterocycles. The summed E-state index contributed by atoms with van der Waals surface area (Å²) in [4.78, 5) is 38.7. The largest absolute Gasteiger partial charge is 0.481 e. The van der Waals surface area contributed by atoms with Gasteiger partial charge in [0.15, 0.2) is 5.75 Å². The number of carbonyl (C=O) groups is 1. The van der Waals surface area contributed by atoms with Crippen LogP contribution in [-0.2, 0) is 17.8 Å². The van der Waals surface area contributed by atoms with E-state index < -0.39 is 22.9 Å². The highest BCUT2D eigenvalue weighted by molar-refractivity contribution is 5.69. The van der Waals surface area contributed by atoms with Crippen molar-refractivity contribution in [2.24, 2.45) is 0 Å². The summed E-state index contributed by atoms with van der Waals surface area (Å²) in [5, 5.41) is 19.5. The van der Waals surface area contributed by atoms with E-state index in [4.69, 9.17) is 9.84 Å². The van der Waals surface area contributed by atoms with Crippen LogP contribution in [0.5, 0.6) is 5.75 Å². The second-order valence-electron chi connectivity index (χ2n) is 4.27. The van der Waals surface area contributed by atoms with Gasteiger partial charge in [0.05, 0.1) is 11.3 Å². The molecule has 0 saturated heterocycles. The predicted octanol–water partition coefficient (Wildman–Crippen LogP) is 0.884. The first-order valence-electron chi connectivity index (χ1n) is 6.12. The van der Waals surface area contributed by atoms with E-state index in [1.807, 2.05) is 0 Å². The van der Waals surface area contributed by atoms with Gasteiger partial charge in [-0.15, -0.1) is 0 Å². The Balaban J connectivity index is 2.13. The lowest BCUT2D eigenvalue weighted by Crippen LogP contribution is -2.19. The molecule has 22 heavy (non-hydrogen) atoms. The Bertz CT molecular complexity index is 770. The minimum atomic E-state index is -1.14. The van der Waals surface area contributed by atoms with E-state index in [1.54, 1.807) is 6.07 Å². The van der Waals surface area contributed by atoms with Crippen molar-refractivity contribution in [1.82, 2.24) is 9.97 Å².